The fourth-order valence-electron chi connectivity index (χ4n) is 1.70. The molecule has 0 heterocycles. The fraction of sp³-hybridized carbons (Fsp3) is 0.143. The first-order chi connectivity index (χ1) is 9.90. The first kappa shape index (κ1) is 15.1. The molecule has 0 amide bonds. The van der Waals surface area contributed by atoms with Gasteiger partial charge in [0.2, 0.25) is 10.0 Å². The molecule has 112 valence electrons. The third-order valence-electron chi connectivity index (χ3n) is 2.87. The number of sulfonamides is 1. The van der Waals surface area contributed by atoms with E-state index in [-0.39, 0.29) is 17.3 Å². The van der Waals surface area contributed by atoms with Gasteiger partial charge >= 0.3 is 0 Å². The van der Waals surface area contributed by atoms with Crippen LogP contribution in [0.15, 0.2) is 47.4 Å². The Labute approximate surface area is 123 Å². The average molecular weight is 308 g/mol. The van der Waals surface area contributed by atoms with Crippen LogP contribution in [0.4, 0.5) is 5.69 Å². The van der Waals surface area contributed by atoms with Crippen molar-refractivity contribution in [1.29, 1.82) is 0 Å². The molecule has 2 rings (SSSR count). The van der Waals surface area contributed by atoms with E-state index < -0.39 is 10.0 Å². The maximum atomic E-state index is 11.3. The second kappa shape index (κ2) is 6.02. The summed E-state index contributed by atoms with van der Waals surface area (Å²) in [5.74, 6) is 1.02. The van der Waals surface area contributed by atoms with Crippen LogP contribution in [0, 0.1) is 0 Å². The van der Waals surface area contributed by atoms with E-state index in [9.17, 15) is 8.42 Å². The number of nitrogens with two attached hydrogens (primary N) is 2. The molecule has 0 spiro atoms. The summed E-state index contributed by atoms with van der Waals surface area (Å²) in [6, 6.07) is 11.4. The summed E-state index contributed by atoms with van der Waals surface area (Å²) in [5, 5.41) is 5.08. The van der Waals surface area contributed by atoms with Crippen LogP contribution in [0.3, 0.4) is 0 Å². The minimum Gasteiger partial charge on any atom is -0.497 e. The molecule has 0 bridgehead atoms. The van der Waals surface area contributed by atoms with Crippen LogP contribution in [-0.4, -0.2) is 15.5 Å². The molecule has 0 atom stereocenters. The molecule has 2 aromatic rings. The topological polar surface area (TPSA) is 105 Å². The number of hydrogen-bond acceptors (Lipinski definition) is 5. The number of benzene rings is 2. The summed E-state index contributed by atoms with van der Waals surface area (Å²) in [7, 11) is -2.20. The van der Waals surface area contributed by atoms with Crippen molar-refractivity contribution in [2.45, 2.75) is 11.5 Å². The minimum atomic E-state index is -3.79. The third-order valence-corrected chi connectivity index (χ3v) is 3.78. The molecule has 0 aliphatic heterocycles. The first-order valence-electron chi connectivity index (χ1n) is 6.08. The molecule has 0 saturated heterocycles. The molecule has 6 nitrogen and oxygen atoms in total. The molecule has 0 aromatic heterocycles. The van der Waals surface area contributed by atoms with Gasteiger partial charge in [-0.2, -0.15) is 0 Å². The van der Waals surface area contributed by atoms with Crippen molar-refractivity contribution >= 4 is 15.7 Å². The molecule has 0 fully saturated rings. The quantitative estimate of drug-likeness (QED) is 0.814. The van der Waals surface area contributed by atoms with E-state index in [0.29, 0.717) is 5.69 Å². The van der Waals surface area contributed by atoms with Gasteiger partial charge in [0.1, 0.15) is 18.1 Å². The Bertz CT molecular complexity index is 727. The number of methoxy groups -OCH3 is 1. The maximum Gasteiger partial charge on any atom is 0.238 e. The monoisotopic (exact) mass is 308 g/mol. The van der Waals surface area contributed by atoms with Gasteiger partial charge in [-0.1, -0.05) is 12.1 Å². The zero-order valence-corrected chi connectivity index (χ0v) is 12.3. The Hall–Kier alpha value is -2.25. The SMILES string of the molecule is COc1ccc(COc2cc(S(N)(=O)=O)ccc2N)cc1. The van der Waals surface area contributed by atoms with Crippen molar-refractivity contribution in [3.8, 4) is 11.5 Å². The number of anilines is 1. The van der Waals surface area contributed by atoms with E-state index in [4.69, 9.17) is 20.3 Å². The predicted molar refractivity (Wildman–Crippen MR) is 79.6 cm³/mol. The summed E-state index contributed by atoms with van der Waals surface area (Å²) < 4.78 is 33.2. The van der Waals surface area contributed by atoms with E-state index in [1.807, 2.05) is 24.3 Å². The van der Waals surface area contributed by atoms with E-state index in [2.05, 4.69) is 0 Å². The highest BCUT2D eigenvalue weighted by atomic mass is 32.2. The Kier molecular flexibility index (Phi) is 4.35. The van der Waals surface area contributed by atoms with Crippen LogP contribution in [0.5, 0.6) is 11.5 Å². The third kappa shape index (κ3) is 3.87. The van der Waals surface area contributed by atoms with Gasteiger partial charge in [-0.05, 0) is 29.8 Å². The number of hydrogen-bond donors (Lipinski definition) is 2. The molecule has 0 unspecified atom stereocenters. The molecule has 0 radical (unpaired) electrons. The van der Waals surface area contributed by atoms with E-state index in [1.165, 1.54) is 18.2 Å². The van der Waals surface area contributed by atoms with Crippen LogP contribution >= 0.6 is 0 Å². The Morgan fingerprint density at radius 2 is 1.76 bits per heavy atom. The number of rotatable bonds is 5. The Morgan fingerprint density at radius 3 is 2.33 bits per heavy atom. The van der Waals surface area contributed by atoms with Crippen LogP contribution in [-0.2, 0) is 16.6 Å². The standard InChI is InChI=1S/C14H16N2O4S/c1-19-11-4-2-10(3-5-11)9-20-14-8-12(21(16,17)18)6-7-13(14)15/h2-8H,9,15H2,1H3,(H2,16,17,18). The lowest BCUT2D eigenvalue weighted by molar-refractivity contribution is 0.307. The van der Waals surface area contributed by atoms with E-state index >= 15 is 0 Å². The highest BCUT2D eigenvalue weighted by Crippen LogP contribution is 2.25. The fourth-order valence-corrected chi connectivity index (χ4v) is 2.23. The van der Waals surface area contributed by atoms with Crippen molar-refractivity contribution in [2.24, 2.45) is 5.14 Å². The number of primary sulfonamides is 1. The normalized spacial score (nSPS) is 11.1. The average Bonchev–Trinajstić information content (AvgIpc) is 2.45. The second-order valence-electron chi connectivity index (χ2n) is 4.38. The van der Waals surface area contributed by atoms with Crippen LogP contribution < -0.4 is 20.3 Å². The molecular weight excluding hydrogens is 292 g/mol. The molecule has 0 aliphatic rings. The van der Waals surface area contributed by atoms with Crippen molar-refractivity contribution in [2.75, 3.05) is 12.8 Å². The summed E-state index contributed by atoms with van der Waals surface area (Å²) in [5.41, 5.74) is 7.00. The highest BCUT2D eigenvalue weighted by Gasteiger charge is 2.11. The van der Waals surface area contributed by atoms with E-state index in [0.717, 1.165) is 11.3 Å². The van der Waals surface area contributed by atoms with Crippen molar-refractivity contribution in [3.63, 3.8) is 0 Å². The largest absolute Gasteiger partial charge is 0.497 e. The van der Waals surface area contributed by atoms with Crippen molar-refractivity contribution < 1.29 is 17.9 Å². The molecule has 4 N–H and O–H groups in total. The summed E-state index contributed by atoms with van der Waals surface area (Å²) in [4.78, 5) is -0.0403. The smallest absolute Gasteiger partial charge is 0.238 e. The number of ether oxygens (including phenoxy) is 2. The van der Waals surface area contributed by atoms with Crippen molar-refractivity contribution in [3.05, 3.63) is 48.0 Å². The van der Waals surface area contributed by atoms with Gasteiger partial charge in [-0.15, -0.1) is 0 Å². The summed E-state index contributed by atoms with van der Waals surface area (Å²) >= 11 is 0. The van der Waals surface area contributed by atoms with Gasteiger partial charge in [-0.3, -0.25) is 0 Å². The van der Waals surface area contributed by atoms with Gasteiger partial charge in [0.05, 0.1) is 17.7 Å². The lowest BCUT2D eigenvalue weighted by Gasteiger charge is -2.10. The van der Waals surface area contributed by atoms with Crippen LogP contribution in [0.25, 0.3) is 0 Å². The molecule has 2 aromatic carbocycles. The van der Waals surface area contributed by atoms with Gasteiger partial charge in [0.25, 0.3) is 0 Å². The first-order valence-corrected chi connectivity index (χ1v) is 7.63. The van der Waals surface area contributed by atoms with Crippen molar-refractivity contribution in [1.82, 2.24) is 0 Å². The summed E-state index contributed by atoms with van der Waals surface area (Å²) in [6.45, 7) is 0.252. The lowest BCUT2D eigenvalue weighted by atomic mass is 10.2. The minimum absolute atomic E-state index is 0.0403. The molecule has 21 heavy (non-hydrogen) atoms. The zero-order valence-electron chi connectivity index (χ0n) is 11.4. The predicted octanol–water partition coefficient (Wildman–Crippen LogP) is 1.50. The maximum absolute atomic E-state index is 11.3. The number of nitrogen functional groups attached to an aromatic ring is 1. The second-order valence-corrected chi connectivity index (χ2v) is 5.94. The van der Waals surface area contributed by atoms with Gasteiger partial charge in [0, 0.05) is 6.07 Å². The molecule has 0 aliphatic carbocycles. The van der Waals surface area contributed by atoms with Gasteiger partial charge in [0.15, 0.2) is 0 Å². The van der Waals surface area contributed by atoms with Crippen LogP contribution in [0.1, 0.15) is 5.56 Å². The molecular formula is C14H16N2O4S. The lowest BCUT2D eigenvalue weighted by Crippen LogP contribution is -2.12. The summed E-state index contributed by atoms with van der Waals surface area (Å²) in [6.07, 6.45) is 0. The van der Waals surface area contributed by atoms with E-state index in [1.54, 1.807) is 7.11 Å². The Morgan fingerprint density at radius 1 is 1.10 bits per heavy atom. The van der Waals surface area contributed by atoms with Gasteiger partial charge < -0.3 is 15.2 Å². The zero-order chi connectivity index (χ0) is 15.5. The molecule has 0 saturated carbocycles. The molecule has 7 heteroatoms. The van der Waals surface area contributed by atoms with Gasteiger partial charge in [-0.25, -0.2) is 13.6 Å². The highest BCUT2D eigenvalue weighted by molar-refractivity contribution is 7.89. The Balaban J connectivity index is 2.15. The van der Waals surface area contributed by atoms with Crippen LogP contribution in [0.2, 0.25) is 0 Å².